The molecule has 2 heterocycles. The molecule has 0 fully saturated rings. The zero-order chi connectivity index (χ0) is 23.0. The van der Waals surface area contributed by atoms with E-state index >= 15 is 0 Å². The van der Waals surface area contributed by atoms with Crippen molar-refractivity contribution in [1.82, 2.24) is 10.3 Å². The highest BCUT2D eigenvalue weighted by atomic mass is 32.1. The smallest absolute Gasteiger partial charge is 0.263 e. The number of ether oxygens (including phenoxy) is 1. The van der Waals surface area contributed by atoms with Gasteiger partial charge < -0.3 is 15.8 Å². The Bertz CT molecular complexity index is 1290. The summed E-state index contributed by atoms with van der Waals surface area (Å²) in [7, 11) is 1.62. The van der Waals surface area contributed by atoms with Crippen LogP contribution in [0.1, 0.15) is 30.4 Å². The summed E-state index contributed by atoms with van der Waals surface area (Å²) in [6, 6.07) is 15.7. The molecule has 4 aromatic rings. The summed E-state index contributed by atoms with van der Waals surface area (Å²) >= 11 is 1.25. The van der Waals surface area contributed by atoms with Crippen molar-refractivity contribution in [3.8, 4) is 28.1 Å². The number of halogens is 1. The predicted molar refractivity (Wildman–Crippen MR) is 129 cm³/mol. The van der Waals surface area contributed by atoms with Crippen molar-refractivity contribution < 1.29 is 13.9 Å². The van der Waals surface area contributed by atoms with Crippen LogP contribution in [0, 0.1) is 5.82 Å². The Morgan fingerprint density at radius 1 is 1.06 bits per heavy atom. The Morgan fingerprint density at radius 2 is 1.69 bits per heavy atom. The third kappa shape index (κ3) is 4.29. The molecule has 2 aromatic heterocycles. The Labute approximate surface area is 190 Å². The molecule has 0 aliphatic heterocycles. The number of thiophene rings is 1. The van der Waals surface area contributed by atoms with Crippen molar-refractivity contribution in [2.24, 2.45) is 0 Å². The molecule has 1 amide bonds. The highest BCUT2D eigenvalue weighted by Gasteiger charge is 2.24. The lowest BCUT2D eigenvalue weighted by Crippen LogP contribution is -2.40. The van der Waals surface area contributed by atoms with Gasteiger partial charge >= 0.3 is 0 Å². The molecule has 0 saturated heterocycles. The van der Waals surface area contributed by atoms with Gasteiger partial charge in [0.15, 0.2) is 0 Å². The number of amides is 1. The second-order valence-electron chi connectivity index (χ2n) is 8.52. The minimum Gasteiger partial charge on any atom is -0.497 e. The SMILES string of the molecule is COc1ccc(-c2cc(-c3ccc(F)cc3)c3c(N)c(C(=O)NC(C)(C)C)sc3n2)cc1. The van der Waals surface area contributed by atoms with E-state index in [0.29, 0.717) is 20.8 Å². The van der Waals surface area contributed by atoms with Gasteiger partial charge in [0.2, 0.25) is 0 Å². The summed E-state index contributed by atoms with van der Waals surface area (Å²) in [5, 5.41) is 3.66. The van der Waals surface area contributed by atoms with Crippen LogP contribution in [0.2, 0.25) is 0 Å². The molecule has 0 radical (unpaired) electrons. The topological polar surface area (TPSA) is 77.2 Å². The summed E-state index contributed by atoms with van der Waals surface area (Å²) in [6.45, 7) is 5.75. The highest BCUT2D eigenvalue weighted by Crippen LogP contribution is 2.41. The predicted octanol–water partition coefficient (Wildman–Crippen LogP) is 5.89. The minimum absolute atomic E-state index is 0.242. The Hall–Kier alpha value is -3.45. The van der Waals surface area contributed by atoms with Gasteiger partial charge in [-0.2, -0.15) is 0 Å². The number of nitrogens with two attached hydrogens (primary N) is 1. The van der Waals surface area contributed by atoms with Gasteiger partial charge in [0.25, 0.3) is 5.91 Å². The van der Waals surface area contributed by atoms with Crippen LogP contribution in [-0.2, 0) is 0 Å². The van der Waals surface area contributed by atoms with Crippen LogP contribution in [0.3, 0.4) is 0 Å². The monoisotopic (exact) mass is 449 g/mol. The fourth-order valence-corrected chi connectivity index (χ4v) is 4.47. The van der Waals surface area contributed by atoms with Gasteiger partial charge in [-0.05, 0) is 74.4 Å². The molecular formula is C25H24FN3O2S. The zero-order valence-corrected chi connectivity index (χ0v) is 19.1. The lowest BCUT2D eigenvalue weighted by Gasteiger charge is -2.20. The summed E-state index contributed by atoms with van der Waals surface area (Å²) in [4.78, 5) is 18.8. The van der Waals surface area contributed by atoms with Crippen LogP contribution in [0.15, 0.2) is 54.6 Å². The number of methoxy groups -OCH3 is 1. The molecule has 0 spiro atoms. The third-order valence-electron chi connectivity index (χ3n) is 4.93. The number of rotatable bonds is 4. The quantitative estimate of drug-likeness (QED) is 0.407. The first kappa shape index (κ1) is 21.8. The first-order chi connectivity index (χ1) is 15.2. The van der Waals surface area contributed by atoms with Gasteiger partial charge in [-0.25, -0.2) is 9.37 Å². The van der Waals surface area contributed by atoms with Crippen molar-refractivity contribution in [2.75, 3.05) is 12.8 Å². The Balaban J connectivity index is 1.93. The number of nitrogens with one attached hydrogen (secondary N) is 1. The zero-order valence-electron chi connectivity index (χ0n) is 18.3. The Kier molecular flexibility index (Phi) is 5.60. The van der Waals surface area contributed by atoms with E-state index in [2.05, 4.69) is 5.32 Å². The van der Waals surface area contributed by atoms with E-state index in [0.717, 1.165) is 28.1 Å². The normalized spacial score (nSPS) is 11.5. The average Bonchev–Trinajstić information content (AvgIpc) is 3.09. The van der Waals surface area contributed by atoms with Gasteiger partial charge in [-0.15, -0.1) is 11.3 Å². The summed E-state index contributed by atoms with van der Waals surface area (Å²) in [5.41, 5.74) is 9.65. The fourth-order valence-electron chi connectivity index (χ4n) is 3.45. The van der Waals surface area contributed by atoms with Crippen LogP contribution in [0.4, 0.5) is 10.1 Å². The van der Waals surface area contributed by atoms with Crippen LogP contribution >= 0.6 is 11.3 Å². The lowest BCUT2D eigenvalue weighted by molar-refractivity contribution is 0.0924. The number of hydrogen-bond acceptors (Lipinski definition) is 5. The number of nitrogens with zero attached hydrogens (tertiary/aromatic N) is 1. The molecular weight excluding hydrogens is 425 g/mol. The number of nitrogen functional groups attached to an aromatic ring is 1. The number of carbonyl (C=O) groups excluding carboxylic acids is 1. The molecule has 3 N–H and O–H groups in total. The van der Waals surface area contributed by atoms with Crippen molar-refractivity contribution in [2.45, 2.75) is 26.3 Å². The number of fused-ring (bicyclic) bond motifs is 1. The maximum absolute atomic E-state index is 13.6. The van der Waals surface area contributed by atoms with Crippen LogP contribution in [0.25, 0.3) is 32.6 Å². The number of aromatic nitrogens is 1. The lowest BCUT2D eigenvalue weighted by atomic mass is 9.99. The standard InChI is InChI=1S/C25H24FN3O2S/c1-25(2,3)29-23(30)22-21(27)20-18(14-5-9-16(26)10-6-14)13-19(28-24(20)32-22)15-7-11-17(31-4)12-8-15/h5-13H,27H2,1-4H3,(H,29,30). The first-order valence-corrected chi connectivity index (χ1v) is 10.9. The fraction of sp³-hybridized carbons (Fsp3) is 0.200. The summed E-state index contributed by atoms with van der Waals surface area (Å²) < 4.78 is 18.8. The molecule has 0 saturated carbocycles. The largest absolute Gasteiger partial charge is 0.497 e. The van der Waals surface area contributed by atoms with E-state index in [1.54, 1.807) is 19.2 Å². The van der Waals surface area contributed by atoms with Gasteiger partial charge in [0.05, 0.1) is 18.5 Å². The molecule has 5 nitrogen and oxygen atoms in total. The minimum atomic E-state index is -0.402. The molecule has 164 valence electrons. The summed E-state index contributed by atoms with van der Waals surface area (Å²) in [6.07, 6.45) is 0. The van der Waals surface area contributed by atoms with Gasteiger partial charge in [-0.1, -0.05) is 12.1 Å². The van der Waals surface area contributed by atoms with E-state index in [1.807, 2.05) is 51.1 Å². The number of carbonyl (C=O) groups is 1. The average molecular weight is 450 g/mol. The molecule has 0 atom stereocenters. The molecule has 0 bridgehead atoms. The van der Waals surface area contributed by atoms with Crippen LogP contribution in [-0.4, -0.2) is 23.5 Å². The Morgan fingerprint density at radius 3 is 2.28 bits per heavy atom. The molecule has 7 heteroatoms. The number of benzene rings is 2. The van der Waals surface area contributed by atoms with Crippen LogP contribution in [0.5, 0.6) is 5.75 Å². The number of pyridine rings is 1. The number of anilines is 1. The molecule has 4 rings (SSSR count). The van der Waals surface area contributed by atoms with Crippen LogP contribution < -0.4 is 15.8 Å². The van der Waals surface area contributed by atoms with Crippen molar-refractivity contribution in [3.05, 3.63) is 65.3 Å². The van der Waals surface area contributed by atoms with Crippen molar-refractivity contribution >= 4 is 33.1 Å². The van der Waals surface area contributed by atoms with Crippen molar-refractivity contribution in [3.63, 3.8) is 0 Å². The van der Waals surface area contributed by atoms with Crippen molar-refractivity contribution in [1.29, 1.82) is 0 Å². The van der Waals surface area contributed by atoms with E-state index in [4.69, 9.17) is 15.5 Å². The second kappa shape index (κ2) is 8.24. The molecule has 2 aromatic carbocycles. The third-order valence-corrected chi connectivity index (χ3v) is 6.03. The summed E-state index contributed by atoms with van der Waals surface area (Å²) in [5.74, 6) is 0.183. The molecule has 0 aliphatic carbocycles. The van der Waals surface area contributed by atoms with E-state index in [9.17, 15) is 9.18 Å². The molecule has 0 aliphatic rings. The highest BCUT2D eigenvalue weighted by molar-refractivity contribution is 7.21. The van der Waals surface area contributed by atoms with Gasteiger partial charge in [0, 0.05) is 16.5 Å². The second-order valence-corrected chi connectivity index (χ2v) is 9.52. The van der Waals surface area contributed by atoms with E-state index in [1.165, 1.54) is 23.5 Å². The first-order valence-electron chi connectivity index (χ1n) is 10.1. The van der Waals surface area contributed by atoms with Gasteiger partial charge in [-0.3, -0.25) is 4.79 Å². The van der Waals surface area contributed by atoms with E-state index in [-0.39, 0.29) is 11.7 Å². The maximum atomic E-state index is 13.6. The van der Waals surface area contributed by atoms with E-state index < -0.39 is 5.54 Å². The number of hydrogen-bond donors (Lipinski definition) is 2. The maximum Gasteiger partial charge on any atom is 0.263 e. The molecule has 0 unspecified atom stereocenters. The van der Waals surface area contributed by atoms with Gasteiger partial charge in [0.1, 0.15) is 21.3 Å². The molecule has 32 heavy (non-hydrogen) atoms.